The summed E-state index contributed by atoms with van der Waals surface area (Å²) in [6.45, 7) is 0.880. The molecule has 0 aromatic heterocycles. The molecule has 0 spiro atoms. The van der Waals surface area contributed by atoms with Gasteiger partial charge >= 0.3 is 0 Å². The summed E-state index contributed by atoms with van der Waals surface area (Å²) >= 11 is 0. The van der Waals surface area contributed by atoms with Crippen LogP contribution in [0.3, 0.4) is 0 Å². The van der Waals surface area contributed by atoms with Crippen LogP contribution in [0.2, 0.25) is 0 Å². The molecule has 0 unspecified atom stereocenters. The first kappa shape index (κ1) is 22.2. The molecule has 7 heteroatoms. The lowest BCUT2D eigenvalue weighted by molar-refractivity contribution is -0.129. The highest BCUT2D eigenvalue weighted by atomic mass is 16.5. The zero-order chi connectivity index (χ0) is 22.2. The minimum absolute atomic E-state index is 0.0443. The average molecular weight is 421 g/mol. The van der Waals surface area contributed by atoms with Gasteiger partial charge in [-0.1, -0.05) is 36.4 Å². The lowest BCUT2D eigenvalue weighted by Gasteiger charge is -2.18. The van der Waals surface area contributed by atoms with Crippen LogP contribution in [-0.4, -0.2) is 50.1 Å². The number of carbonyl (C=O) groups is 2. The van der Waals surface area contributed by atoms with E-state index in [1.807, 2.05) is 48.5 Å². The van der Waals surface area contributed by atoms with Crippen molar-refractivity contribution in [2.24, 2.45) is 5.92 Å². The number of ether oxygens (including phenoxy) is 2. The Morgan fingerprint density at radius 2 is 1.90 bits per heavy atom. The fourth-order valence-electron chi connectivity index (χ4n) is 3.73. The fraction of sp³-hybridized carbons (Fsp3) is 0.375. The molecule has 31 heavy (non-hydrogen) atoms. The third kappa shape index (κ3) is 5.76. The number of hydrogen-bond acceptors (Lipinski definition) is 5. The minimum Gasteiger partial charge on any atom is -0.493 e. The fourth-order valence-corrected chi connectivity index (χ4v) is 3.73. The van der Waals surface area contributed by atoms with Crippen LogP contribution in [0, 0.1) is 17.2 Å². The largest absolute Gasteiger partial charge is 0.493 e. The second kappa shape index (κ2) is 10.5. The van der Waals surface area contributed by atoms with Gasteiger partial charge in [0.05, 0.1) is 26.2 Å². The summed E-state index contributed by atoms with van der Waals surface area (Å²) in [7, 11) is 3.17. The Morgan fingerprint density at radius 3 is 2.58 bits per heavy atom. The van der Waals surface area contributed by atoms with Crippen molar-refractivity contribution in [3.8, 4) is 17.6 Å². The molecule has 0 saturated carbocycles. The van der Waals surface area contributed by atoms with Crippen LogP contribution in [0.25, 0.3) is 0 Å². The van der Waals surface area contributed by atoms with Crippen molar-refractivity contribution in [1.82, 2.24) is 10.2 Å². The second-order valence-corrected chi connectivity index (χ2v) is 7.56. The maximum atomic E-state index is 12.7. The van der Waals surface area contributed by atoms with Crippen molar-refractivity contribution in [2.75, 3.05) is 27.3 Å². The lowest BCUT2D eigenvalue weighted by Crippen LogP contribution is -2.40. The molecule has 1 aliphatic heterocycles. The minimum atomic E-state index is -0.620. The number of amides is 2. The van der Waals surface area contributed by atoms with Gasteiger partial charge in [-0.05, 0) is 29.7 Å². The van der Waals surface area contributed by atoms with Gasteiger partial charge in [0, 0.05) is 25.9 Å². The van der Waals surface area contributed by atoms with Crippen molar-refractivity contribution < 1.29 is 19.1 Å². The number of carbonyl (C=O) groups excluding carboxylic acids is 2. The van der Waals surface area contributed by atoms with Crippen LogP contribution >= 0.6 is 0 Å². The van der Waals surface area contributed by atoms with Crippen LogP contribution < -0.4 is 14.8 Å². The summed E-state index contributed by atoms with van der Waals surface area (Å²) in [4.78, 5) is 26.8. The van der Waals surface area contributed by atoms with Gasteiger partial charge < -0.3 is 19.7 Å². The highest BCUT2D eigenvalue weighted by molar-refractivity contribution is 5.89. The van der Waals surface area contributed by atoms with E-state index in [1.165, 1.54) is 0 Å². The number of benzene rings is 2. The van der Waals surface area contributed by atoms with E-state index < -0.39 is 12.0 Å². The number of likely N-dealkylation sites (tertiary alicyclic amines) is 1. The molecule has 0 radical (unpaired) electrons. The quantitative estimate of drug-likeness (QED) is 0.671. The summed E-state index contributed by atoms with van der Waals surface area (Å²) in [6.07, 6.45) is 1.25. The standard InChI is InChI=1S/C24H27N3O4/c1-30-21-9-8-18(13-22(21)31-2)10-11-27-16-19(14-23(27)28)24(29)26-20(15-25)12-17-6-4-3-5-7-17/h3-9,13,19-20H,10-12,14,16H2,1-2H3,(H,26,29)/t19-,20+/m1/s1. The van der Waals surface area contributed by atoms with E-state index in [0.717, 1.165) is 11.1 Å². The summed E-state index contributed by atoms with van der Waals surface area (Å²) in [5.41, 5.74) is 2.00. The molecule has 2 amide bonds. The molecule has 1 saturated heterocycles. The van der Waals surface area contributed by atoms with E-state index in [0.29, 0.717) is 37.4 Å². The van der Waals surface area contributed by atoms with E-state index in [2.05, 4.69) is 11.4 Å². The van der Waals surface area contributed by atoms with Gasteiger partial charge in [-0.25, -0.2) is 0 Å². The monoisotopic (exact) mass is 421 g/mol. The van der Waals surface area contributed by atoms with Crippen LogP contribution in [-0.2, 0) is 22.4 Å². The Kier molecular flexibility index (Phi) is 7.50. The van der Waals surface area contributed by atoms with Crippen molar-refractivity contribution in [1.29, 1.82) is 5.26 Å². The van der Waals surface area contributed by atoms with Gasteiger partial charge in [-0.2, -0.15) is 5.26 Å². The van der Waals surface area contributed by atoms with Gasteiger partial charge in [0.15, 0.2) is 11.5 Å². The highest BCUT2D eigenvalue weighted by Gasteiger charge is 2.34. The third-order valence-electron chi connectivity index (χ3n) is 5.46. The normalized spacial score (nSPS) is 16.5. The van der Waals surface area contributed by atoms with E-state index in [-0.39, 0.29) is 18.2 Å². The summed E-state index contributed by atoms with van der Waals surface area (Å²) in [6, 6.07) is 16.7. The SMILES string of the molecule is COc1ccc(CCN2C[C@H](C(=O)N[C@H](C#N)Cc3ccccc3)CC2=O)cc1OC. The van der Waals surface area contributed by atoms with E-state index >= 15 is 0 Å². The lowest BCUT2D eigenvalue weighted by atomic mass is 10.0. The third-order valence-corrected chi connectivity index (χ3v) is 5.46. The Hall–Kier alpha value is -3.53. The molecule has 162 valence electrons. The van der Waals surface area contributed by atoms with Crippen LogP contribution in [0.5, 0.6) is 11.5 Å². The second-order valence-electron chi connectivity index (χ2n) is 7.56. The number of methoxy groups -OCH3 is 2. The molecule has 2 aromatic carbocycles. The molecule has 1 fully saturated rings. The summed E-state index contributed by atoms with van der Waals surface area (Å²) in [5, 5.41) is 12.2. The predicted molar refractivity (Wildman–Crippen MR) is 116 cm³/mol. The molecule has 7 nitrogen and oxygen atoms in total. The smallest absolute Gasteiger partial charge is 0.226 e. The number of nitrogens with zero attached hydrogens (tertiary/aromatic N) is 2. The topological polar surface area (TPSA) is 91.7 Å². The van der Waals surface area contributed by atoms with E-state index in [1.54, 1.807) is 19.1 Å². The zero-order valence-corrected chi connectivity index (χ0v) is 17.8. The van der Waals surface area contributed by atoms with E-state index in [4.69, 9.17) is 9.47 Å². The van der Waals surface area contributed by atoms with Gasteiger partial charge in [-0.15, -0.1) is 0 Å². The van der Waals surface area contributed by atoms with Crippen molar-refractivity contribution >= 4 is 11.8 Å². The number of rotatable bonds is 9. The first-order valence-electron chi connectivity index (χ1n) is 10.3. The van der Waals surface area contributed by atoms with Gasteiger partial charge in [0.1, 0.15) is 6.04 Å². The summed E-state index contributed by atoms with van der Waals surface area (Å²) < 4.78 is 10.6. The number of nitriles is 1. The molecule has 2 aromatic rings. The molecule has 1 aliphatic rings. The van der Waals surface area contributed by atoms with Crippen molar-refractivity contribution in [2.45, 2.75) is 25.3 Å². The Bertz CT molecular complexity index is 955. The first-order chi connectivity index (χ1) is 15.0. The molecule has 0 bridgehead atoms. The summed E-state index contributed by atoms with van der Waals surface area (Å²) in [5.74, 6) is 0.569. The molecular weight excluding hydrogens is 394 g/mol. The maximum absolute atomic E-state index is 12.7. The van der Waals surface area contributed by atoms with Crippen molar-refractivity contribution in [3.05, 3.63) is 59.7 Å². The molecule has 0 aliphatic carbocycles. The maximum Gasteiger partial charge on any atom is 0.226 e. The molecule has 1 heterocycles. The average Bonchev–Trinajstić information content (AvgIpc) is 3.18. The predicted octanol–water partition coefficient (Wildman–Crippen LogP) is 2.35. The van der Waals surface area contributed by atoms with Gasteiger partial charge in [0.2, 0.25) is 11.8 Å². The molecule has 1 N–H and O–H groups in total. The first-order valence-corrected chi connectivity index (χ1v) is 10.3. The molecule has 3 rings (SSSR count). The van der Waals surface area contributed by atoms with Crippen LogP contribution in [0.4, 0.5) is 0 Å². The zero-order valence-electron chi connectivity index (χ0n) is 17.8. The van der Waals surface area contributed by atoms with Crippen molar-refractivity contribution in [3.63, 3.8) is 0 Å². The van der Waals surface area contributed by atoms with Gasteiger partial charge in [0.25, 0.3) is 0 Å². The van der Waals surface area contributed by atoms with Crippen LogP contribution in [0.1, 0.15) is 17.5 Å². The number of hydrogen-bond donors (Lipinski definition) is 1. The molecule has 2 atom stereocenters. The Morgan fingerprint density at radius 1 is 1.16 bits per heavy atom. The Labute approximate surface area is 182 Å². The highest BCUT2D eigenvalue weighted by Crippen LogP contribution is 2.28. The molecular formula is C24H27N3O4. The number of nitrogens with one attached hydrogen (secondary N) is 1. The Balaban J connectivity index is 1.53. The van der Waals surface area contributed by atoms with E-state index in [9.17, 15) is 14.9 Å². The van der Waals surface area contributed by atoms with Gasteiger partial charge in [-0.3, -0.25) is 9.59 Å². The van der Waals surface area contributed by atoms with Crippen LogP contribution in [0.15, 0.2) is 48.5 Å².